The Morgan fingerprint density at radius 2 is 1.81 bits per heavy atom. The van der Waals surface area contributed by atoms with Crippen molar-refractivity contribution in [3.05, 3.63) is 88.8 Å². The first-order valence-electron chi connectivity index (χ1n) is 8.23. The Labute approximate surface area is 170 Å². The van der Waals surface area contributed by atoms with Gasteiger partial charge < -0.3 is 4.42 Å². The van der Waals surface area contributed by atoms with Gasteiger partial charge in [0, 0.05) is 17.4 Å². The van der Waals surface area contributed by atoms with E-state index in [1.54, 1.807) is 17.8 Å². The van der Waals surface area contributed by atoms with Crippen molar-refractivity contribution in [2.75, 3.05) is 0 Å². The van der Waals surface area contributed by atoms with Crippen LogP contribution in [0.1, 0.15) is 11.3 Å². The van der Waals surface area contributed by atoms with Crippen LogP contribution in [0.2, 0.25) is 5.02 Å². The highest BCUT2D eigenvalue weighted by atomic mass is 35.5. The molecule has 1 aliphatic rings. The smallest absolute Gasteiger partial charge is 0.244 e. The van der Waals surface area contributed by atoms with Gasteiger partial charge in [-0.05, 0) is 41.6 Å². The van der Waals surface area contributed by atoms with Crippen LogP contribution in [0.25, 0.3) is 17.4 Å². The number of rotatable bonds is 4. The fraction of sp³-hybridized carbons (Fsp3) is 0.0476. The second-order valence-corrected chi connectivity index (χ2v) is 8.34. The lowest BCUT2D eigenvalue weighted by Crippen LogP contribution is -1.88. The van der Waals surface area contributed by atoms with E-state index in [1.807, 2.05) is 54.6 Å². The molecular weight excluding hydrogens is 398 g/mol. The first kappa shape index (κ1) is 18.2. The van der Waals surface area contributed by atoms with Crippen LogP contribution in [0.3, 0.4) is 0 Å². The normalized spacial score (nSPS) is 15.4. The van der Waals surface area contributed by atoms with Crippen LogP contribution in [-0.2, 0) is 10.5 Å². The van der Waals surface area contributed by atoms with Crippen molar-refractivity contribution in [1.29, 1.82) is 0 Å². The number of carbonyl (C=O) groups is 1. The van der Waals surface area contributed by atoms with Crippen LogP contribution >= 0.6 is 35.1 Å². The fourth-order valence-corrected chi connectivity index (χ4v) is 4.57. The highest BCUT2D eigenvalue weighted by molar-refractivity contribution is 8.45. The van der Waals surface area contributed by atoms with E-state index >= 15 is 0 Å². The van der Waals surface area contributed by atoms with Crippen LogP contribution in [-0.4, -0.2) is 9.49 Å². The van der Waals surface area contributed by atoms with Gasteiger partial charge in [-0.15, -0.1) is 0 Å². The molecule has 0 radical (unpaired) electrons. The maximum atomic E-state index is 12.2. The van der Waals surface area contributed by atoms with E-state index in [0.717, 1.165) is 27.5 Å². The Morgan fingerprint density at radius 1 is 1.04 bits per heavy atom. The molecule has 134 valence electrons. The standard InChI is InChI=1S/C21H14ClNO2S2/c22-17-9-5-4-8-16(17)19-11-10-15(25-19)12-18-20(24)27-21(23-18)26-13-14-6-2-1-3-7-14/h1-12H,13H2. The Hall–Kier alpha value is -2.21. The molecule has 0 fully saturated rings. The second kappa shape index (κ2) is 8.21. The topological polar surface area (TPSA) is 42.6 Å². The number of thioether (sulfide) groups is 2. The van der Waals surface area contributed by atoms with Crippen molar-refractivity contribution < 1.29 is 9.21 Å². The van der Waals surface area contributed by atoms with Crippen molar-refractivity contribution in [3.8, 4) is 11.3 Å². The van der Waals surface area contributed by atoms with Crippen molar-refractivity contribution in [2.24, 2.45) is 4.99 Å². The molecule has 2 heterocycles. The first-order chi connectivity index (χ1) is 13.2. The zero-order chi connectivity index (χ0) is 18.6. The van der Waals surface area contributed by atoms with Gasteiger partial charge >= 0.3 is 0 Å². The number of aliphatic imine (C=N–C) groups is 1. The summed E-state index contributed by atoms with van der Waals surface area (Å²) in [7, 11) is 0. The van der Waals surface area contributed by atoms with Gasteiger partial charge in [-0.2, -0.15) is 0 Å². The zero-order valence-corrected chi connectivity index (χ0v) is 16.5. The molecule has 1 aromatic heterocycles. The number of halogens is 1. The number of benzene rings is 2. The zero-order valence-electron chi connectivity index (χ0n) is 14.1. The Kier molecular flexibility index (Phi) is 5.53. The summed E-state index contributed by atoms with van der Waals surface area (Å²) in [5, 5.41) is 0.553. The molecule has 0 bridgehead atoms. The molecule has 3 aromatic rings. The quantitative estimate of drug-likeness (QED) is 0.459. The van der Waals surface area contributed by atoms with Crippen LogP contribution in [0.4, 0.5) is 0 Å². The lowest BCUT2D eigenvalue weighted by atomic mass is 10.2. The van der Waals surface area contributed by atoms with Crippen LogP contribution < -0.4 is 0 Å². The largest absolute Gasteiger partial charge is 0.457 e. The molecule has 27 heavy (non-hydrogen) atoms. The number of nitrogens with zero attached hydrogens (tertiary/aromatic N) is 1. The second-order valence-electron chi connectivity index (χ2n) is 5.75. The molecule has 0 spiro atoms. The molecular formula is C21H14ClNO2S2. The summed E-state index contributed by atoms with van der Waals surface area (Å²) in [6.07, 6.45) is 1.67. The van der Waals surface area contributed by atoms with Crippen LogP contribution in [0.15, 0.2) is 81.8 Å². The number of hydrogen-bond acceptors (Lipinski definition) is 5. The monoisotopic (exact) mass is 411 g/mol. The SMILES string of the molecule is O=C1SC(SCc2ccccc2)=NC1=Cc1ccc(-c2ccccc2Cl)o1. The van der Waals surface area contributed by atoms with Crippen molar-refractivity contribution >= 4 is 50.7 Å². The molecule has 0 N–H and O–H groups in total. The summed E-state index contributed by atoms with van der Waals surface area (Å²) in [6.45, 7) is 0. The van der Waals surface area contributed by atoms with Gasteiger partial charge in [0.2, 0.25) is 5.12 Å². The lowest BCUT2D eigenvalue weighted by molar-refractivity contribution is -0.107. The maximum Gasteiger partial charge on any atom is 0.244 e. The minimum atomic E-state index is -0.0683. The van der Waals surface area contributed by atoms with Crippen LogP contribution in [0.5, 0.6) is 0 Å². The fourth-order valence-electron chi connectivity index (χ4n) is 2.54. The van der Waals surface area contributed by atoms with E-state index in [2.05, 4.69) is 17.1 Å². The molecule has 2 aromatic carbocycles. The van der Waals surface area contributed by atoms with E-state index in [0.29, 0.717) is 22.2 Å². The summed E-state index contributed by atoms with van der Waals surface area (Å²) < 4.78 is 6.58. The summed E-state index contributed by atoms with van der Waals surface area (Å²) in [5.74, 6) is 2.02. The lowest BCUT2D eigenvalue weighted by Gasteiger charge is -1.99. The van der Waals surface area contributed by atoms with E-state index in [4.69, 9.17) is 16.0 Å². The number of carbonyl (C=O) groups excluding carboxylic acids is 1. The molecule has 1 aliphatic heterocycles. The third-order valence-electron chi connectivity index (χ3n) is 3.85. The van der Waals surface area contributed by atoms with E-state index in [1.165, 1.54) is 5.56 Å². The van der Waals surface area contributed by atoms with Gasteiger partial charge in [0.25, 0.3) is 0 Å². The van der Waals surface area contributed by atoms with Crippen molar-refractivity contribution in [1.82, 2.24) is 0 Å². The Morgan fingerprint density at radius 3 is 2.63 bits per heavy atom. The van der Waals surface area contributed by atoms with Gasteiger partial charge in [0.05, 0.1) is 5.02 Å². The van der Waals surface area contributed by atoms with Crippen LogP contribution in [0, 0.1) is 0 Å². The Bertz CT molecular complexity index is 1040. The van der Waals surface area contributed by atoms with E-state index in [-0.39, 0.29) is 5.12 Å². The first-order valence-corrected chi connectivity index (χ1v) is 10.4. The van der Waals surface area contributed by atoms with Gasteiger partial charge in [0.1, 0.15) is 21.6 Å². The van der Waals surface area contributed by atoms with Gasteiger partial charge in [-0.1, -0.05) is 65.8 Å². The molecule has 0 aliphatic carbocycles. The summed E-state index contributed by atoms with van der Waals surface area (Å²) >= 11 is 8.93. The predicted octanol–water partition coefficient (Wildman–Crippen LogP) is 6.50. The van der Waals surface area contributed by atoms with E-state index < -0.39 is 0 Å². The van der Waals surface area contributed by atoms with E-state index in [9.17, 15) is 4.79 Å². The minimum absolute atomic E-state index is 0.0683. The minimum Gasteiger partial charge on any atom is -0.457 e. The highest BCUT2D eigenvalue weighted by Crippen LogP contribution is 2.34. The summed E-state index contributed by atoms with van der Waals surface area (Å²) in [5.41, 5.74) is 2.42. The van der Waals surface area contributed by atoms with Gasteiger partial charge in [0.15, 0.2) is 0 Å². The number of furan rings is 1. The molecule has 0 saturated heterocycles. The molecule has 0 unspecified atom stereocenters. The number of hydrogen-bond donors (Lipinski definition) is 0. The van der Waals surface area contributed by atoms with Gasteiger partial charge in [-0.3, -0.25) is 4.79 Å². The van der Waals surface area contributed by atoms with Crippen molar-refractivity contribution in [2.45, 2.75) is 5.75 Å². The molecule has 0 atom stereocenters. The summed E-state index contributed by atoms with van der Waals surface area (Å²) in [4.78, 5) is 16.7. The maximum absolute atomic E-state index is 12.2. The molecule has 3 nitrogen and oxygen atoms in total. The summed E-state index contributed by atoms with van der Waals surface area (Å²) in [6, 6.07) is 21.3. The third-order valence-corrected chi connectivity index (χ3v) is 6.26. The highest BCUT2D eigenvalue weighted by Gasteiger charge is 2.23. The molecule has 4 rings (SSSR count). The molecule has 0 amide bonds. The van der Waals surface area contributed by atoms with Gasteiger partial charge in [-0.25, -0.2) is 4.99 Å². The average Bonchev–Trinajstić information content (AvgIpc) is 3.28. The average molecular weight is 412 g/mol. The molecule has 0 saturated carbocycles. The Balaban J connectivity index is 1.49. The third kappa shape index (κ3) is 4.38. The molecule has 6 heteroatoms. The van der Waals surface area contributed by atoms with Crippen molar-refractivity contribution in [3.63, 3.8) is 0 Å². The predicted molar refractivity (Wildman–Crippen MR) is 115 cm³/mol.